The van der Waals surface area contributed by atoms with Crippen molar-refractivity contribution in [1.29, 1.82) is 0 Å². The van der Waals surface area contributed by atoms with E-state index >= 15 is 0 Å². The average molecular weight is 199 g/mol. The van der Waals surface area contributed by atoms with Gasteiger partial charge in [-0.15, -0.1) is 0 Å². The summed E-state index contributed by atoms with van der Waals surface area (Å²) in [4.78, 5) is 21.4. The first-order valence-corrected chi connectivity index (χ1v) is 3.94. The number of ketones is 1. The summed E-state index contributed by atoms with van der Waals surface area (Å²) in [6, 6.07) is 4.45. The second-order valence-electron chi connectivity index (χ2n) is 2.59. The molecule has 0 radical (unpaired) electrons. The minimum Gasteiger partial charge on any atom is -0.475 e. The maximum atomic E-state index is 11.0. The van der Waals surface area contributed by atoms with Crippen LogP contribution in [0.5, 0.6) is 0 Å². The number of carbonyl (C=O) groups is 2. The van der Waals surface area contributed by atoms with Gasteiger partial charge in [-0.25, -0.2) is 4.79 Å². The second-order valence-corrected chi connectivity index (χ2v) is 3.03. The lowest BCUT2D eigenvalue weighted by Gasteiger charge is -2.00. The highest BCUT2D eigenvalue weighted by Gasteiger charge is 2.16. The molecule has 68 valence electrons. The van der Waals surface area contributed by atoms with E-state index in [4.69, 9.17) is 16.7 Å². The van der Waals surface area contributed by atoms with E-state index in [1.54, 1.807) is 13.0 Å². The molecular formula is C9H7ClO3. The molecule has 0 bridgehead atoms. The zero-order valence-corrected chi connectivity index (χ0v) is 7.63. The van der Waals surface area contributed by atoms with E-state index in [2.05, 4.69) is 0 Å². The van der Waals surface area contributed by atoms with Gasteiger partial charge < -0.3 is 5.11 Å². The number of carboxylic acids is 1. The normalized spacial score (nSPS) is 9.69. The van der Waals surface area contributed by atoms with Crippen LogP contribution in [0.2, 0.25) is 5.02 Å². The van der Waals surface area contributed by atoms with Crippen LogP contribution >= 0.6 is 11.6 Å². The molecule has 4 heteroatoms. The summed E-state index contributed by atoms with van der Waals surface area (Å²) >= 11 is 5.64. The van der Waals surface area contributed by atoms with Gasteiger partial charge in [-0.1, -0.05) is 11.6 Å². The fourth-order valence-corrected chi connectivity index (χ4v) is 1.22. The van der Waals surface area contributed by atoms with Crippen LogP contribution in [0.4, 0.5) is 0 Å². The SMILES string of the molecule is Cc1cc(Cl)ccc1C(=O)C(=O)O. The molecule has 0 saturated heterocycles. The van der Waals surface area contributed by atoms with Crippen molar-refractivity contribution in [3.63, 3.8) is 0 Å². The van der Waals surface area contributed by atoms with Crippen molar-refractivity contribution in [2.75, 3.05) is 0 Å². The van der Waals surface area contributed by atoms with E-state index in [-0.39, 0.29) is 5.56 Å². The number of benzene rings is 1. The fourth-order valence-electron chi connectivity index (χ4n) is 0.997. The zero-order valence-electron chi connectivity index (χ0n) is 6.87. The quantitative estimate of drug-likeness (QED) is 0.584. The minimum atomic E-state index is -1.45. The number of carbonyl (C=O) groups excluding carboxylic acids is 1. The molecule has 0 heterocycles. The van der Waals surface area contributed by atoms with Crippen molar-refractivity contribution < 1.29 is 14.7 Å². The van der Waals surface area contributed by atoms with Crippen molar-refractivity contribution in [1.82, 2.24) is 0 Å². The monoisotopic (exact) mass is 198 g/mol. The maximum Gasteiger partial charge on any atom is 0.377 e. The molecule has 1 aromatic rings. The number of rotatable bonds is 2. The summed E-state index contributed by atoms with van der Waals surface area (Å²) in [7, 11) is 0. The molecule has 1 N–H and O–H groups in total. The molecule has 0 aliphatic heterocycles. The van der Waals surface area contributed by atoms with E-state index in [1.165, 1.54) is 12.1 Å². The highest BCUT2D eigenvalue weighted by Crippen LogP contribution is 2.15. The topological polar surface area (TPSA) is 54.4 Å². The van der Waals surface area contributed by atoms with E-state index in [1.807, 2.05) is 0 Å². The average Bonchev–Trinajstić information content (AvgIpc) is 2.03. The Balaban J connectivity index is 3.16. The maximum absolute atomic E-state index is 11.0. The van der Waals surface area contributed by atoms with Crippen molar-refractivity contribution in [3.05, 3.63) is 34.3 Å². The largest absolute Gasteiger partial charge is 0.475 e. The highest BCUT2D eigenvalue weighted by molar-refractivity contribution is 6.40. The summed E-state index contributed by atoms with van der Waals surface area (Å²) in [5.74, 6) is -2.36. The van der Waals surface area contributed by atoms with Gasteiger partial charge in [0.1, 0.15) is 0 Å². The lowest BCUT2D eigenvalue weighted by molar-refractivity contribution is -0.131. The molecule has 0 spiro atoms. The van der Waals surface area contributed by atoms with Crippen LogP contribution < -0.4 is 0 Å². The van der Waals surface area contributed by atoms with Crippen LogP contribution in [0.1, 0.15) is 15.9 Å². The van der Waals surface area contributed by atoms with Crippen molar-refractivity contribution in [3.8, 4) is 0 Å². The fraction of sp³-hybridized carbons (Fsp3) is 0.111. The van der Waals surface area contributed by atoms with Gasteiger partial charge in [-0.2, -0.15) is 0 Å². The molecule has 0 fully saturated rings. The Bertz CT molecular complexity index is 371. The summed E-state index contributed by atoms with van der Waals surface area (Å²) in [6.07, 6.45) is 0. The highest BCUT2D eigenvalue weighted by atomic mass is 35.5. The van der Waals surface area contributed by atoms with Gasteiger partial charge >= 0.3 is 5.97 Å². The van der Waals surface area contributed by atoms with Crippen LogP contribution in [0.15, 0.2) is 18.2 Å². The Morgan fingerprint density at radius 1 is 1.38 bits per heavy atom. The molecule has 0 saturated carbocycles. The lowest BCUT2D eigenvalue weighted by atomic mass is 10.1. The van der Waals surface area contributed by atoms with Crippen LogP contribution in [0, 0.1) is 6.92 Å². The van der Waals surface area contributed by atoms with E-state index in [9.17, 15) is 9.59 Å². The van der Waals surface area contributed by atoms with Crippen LogP contribution in [0.25, 0.3) is 0 Å². The molecule has 0 aromatic heterocycles. The molecule has 1 aromatic carbocycles. The summed E-state index contributed by atoms with van der Waals surface area (Å²) in [5, 5.41) is 8.93. The Labute approximate surface area is 79.9 Å². The Hall–Kier alpha value is -1.35. The van der Waals surface area contributed by atoms with Crippen molar-refractivity contribution in [2.45, 2.75) is 6.92 Å². The van der Waals surface area contributed by atoms with Crippen LogP contribution in [0.3, 0.4) is 0 Å². The third kappa shape index (κ3) is 2.06. The van der Waals surface area contributed by atoms with Crippen LogP contribution in [-0.4, -0.2) is 16.9 Å². The molecule has 0 atom stereocenters. The number of hydrogen-bond acceptors (Lipinski definition) is 2. The molecule has 0 aliphatic rings. The Morgan fingerprint density at radius 2 is 2.00 bits per heavy atom. The second kappa shape index (κ2) is 3.58. The van der Waals surface area contributed by atoms with Gasteiger partial charge in [0.2, 0.25) is 0 Å². The Morgan fingerprint density at radius 3 is 2.46 bits per heavy atom. The number of aryl methyl sites for hydroxylation is 1. The van der Waals surface area contributed by atoms with Crippen LogP contribution in [-0.2, 0) is 4.79 Å². The predicted molar refractivity (Wildman–Crippen MR) is 48.2 cm³/mol. The zero-order chi connectivity index (χ0) is 10.0. The Kier molecular flexibility index (Phi) is 2.68. The summed E-state index contributed by atoms with van der Waals surface area (Å²) in [6.45, 7) is 1.64. The number of carboxylic acid groups (broad SMARTS) is 1. The molecule has 3 nitrogen and oxygen atoms in total. The van der Waals surface area contributed by atoms with Crippen molar-refractivity contribution >= 4 is 23.4 Å². The molecular weight excluding hydrogens is 192 g/mol. The number of hydrogen-bond donors (Lipinski definition) is 1. The van der Waals surface area contributed by atoms with Crippen molar-refractivity contribution in [2.24, 2.45) is 0 Å². The molecule has 0 unspecified atom stereocenters. The standard InChI is InChI=1S/C9H7ClO3/c1-5-4-6(10)2-3-7(5)8(11)9(12)13/h2-4H,1H3,(H,12,13). The van der Waals surface area contributed by atoms with Gasteiger partial charge in [0.25, 0.3) is 5.78 Å². The summed E-state index contributed by atoms with van der Waals surface area (Å²) < 4.78 is 0. The third-order valence-corrected chi connectivity index (χ3v) is 1.86. The minimum absolute atomic E-state index is 0.178. The van der Waals surface area contributed by atoms with E-state index in [0.29, 0.717) is 10.6 Å². The first-order valence-electron chi connectivity index (χ1n) is 3.56. The smallest absolute Gasteiger partial charge is 0.377 e. The molecule has 1 rings (SSSR count). The lowest BCUT2D eigenvalue weighted by Crippen LogP contribution is -2.13. The molecule has 0 amide bonds. The first kappa shape index (κ1) is 9.74. The number of Topliss-reactive ketones (excluding diaryl/α,β-unsaturated/α-hetero) is 1. The van der Waals surface area contributed by atoms with E-state index < -0.39 is 11.8 Å². The van der Waals surface area contributed by atoms with Gasteiger partial charge in [0.05, 0.1) is 0 Å². The number of aliphatic carboxylic acids is 1. The van der Waals surface area contributed by atoms with E-state index in [0.717, 1.165) is 0 Å². The van der Waals surface area contributed by atoms with Gasteiger partial charge in [-0.05, 0) is 30.7 Å². The first-order chi connectivity index (χ1) is 6.02. The van der Waals surface area contributed by atoms with Gasteiger partial charge in [0.15, 0.2) is 0 Å². The number of halogens is 1. The third-order valence-electron chi connectivity index (χ3n) is 1.63. The molecule has 0 aliphatic carbocycles. The summed E-state index contributed by atoms with van der Waals surface area (Å²) in [5.41, 5.74) is 0.747. The molecule has 13 heavy (non-hydrogen) atoms. The van der Waals surface area contributed by atoms with Gasteiger partial charge in [-0.3, -0.25) is 4.79 Å². The predicted octanol–water partition coefficient (Wildman–Crippen LogP) is 1.92. The van der Waals surface area contributed by atoms with Gasteiger partial charge in [0, 0.05) is 10.6 Å².